The summed E-state index contributed by atoms with van der Waals surface area (Å²) in [6.07, 6.45) is 1.85. The first-order valence-electron chi connectivity index (χ1n) is 7.04. The van der Waals surface area contributed by atoms with E-state index in [-0.39, 0.29) is 11.9 Å². The van der Waals surface area contributed by atoms with Gasteiger partial charge >= 0.3 is 0 Å². The predicted molar refractivity (Wildman–Crippen MR) is 86.9 cm³/mol. The predicted octanol–water partition coefficient (Wildman–Crippen LogP) is 2.88. The number of rotatable bonds is 4. The molecule has 23 heavy (non-hydrogen) atoms. The highest BCUT2D eigenvalue weighted by atomic mass is 35.5. The molecule has 0 aliphatic carbocycles. The van der Waals surface area contributed by atoms with Gasteiger partial charge in [-0.25, -0.2) is 0 Å². The topological polar surface area (TPSA) is 68.5 Å². The van der Waals surface area contributed by atoms with Crippen molar-refractivity contribution in [3.63, 3.8) is 0 Å². The number of hydrogen-bond donors (Lipinski definition) is 1. The standard InChI is InChI=1S/C16H15ClN4O2/c1-10(15-20-19-14-5-3-4-8-21(14)15)18-16(22)12-9-11(17)6-7-13(12)23-2/h3-10H,1-2H3,(H,18,22)/t10-/m0/s1. The Morgan fingerprint density at radius 1 is 1.30 bits per heavy atom. The molecule has 0 saturated heterocycles. The van der Waals surface area contributed by atoms with Crippen molar-refractivity contribution in [2.75, 3.05) is 7.11 Å². The first kappa shape index (κ1) is 15.3. The Labute approximate surface area is 138 Å². The van der Waals surface area contributed by atoms with Crippen LogP contribution >= 0.6 is 11.6 Å². The number of amides is 1. The van der Waals surface area contributed by atoms with E-state index in [2.05, 4.69) is 15.5 Å². The Kier molecular flexibility index (Phi) is 4.16. The van der Waals surface area contributed by atoms with Crippen molar-refractivity contribution in [2.24, 2.45) is 0 Å². The molecular formula is C16H15ClN4O2. The molecule has 1 amide bonds. The third kappa shape index (κ3) is 2.98. The van der Waals surface area contributed by atoms with Gasteiger partial charge in [0, 0.05) is 11.2 Å². The maximum absolute atomic E-state index is 12.5. The summed E-state index contributed by atoms with van der Waals surface area (Å²) in [6, 6.07) is 10.2. The van der Waals surface area contributed by atoms with Gasteiger partial charge in [0.15, 0.2) is 11.5 Å². The van der Waals surface area contributed by atoms with Crippen molar-refractivity contribution in [3.05, 3.63) is 59.0 Å². The average molecular weight is 331 g/mol. The zero-order valence-electron chi connectivity index (χ0n) is 12.7. The third-order valence-corrected chi connectivity index (χ3v) is 3.72. The van der Waals surface area contributed by atoms with Gasteiger partial charge in [-0.05, 0) is 37.3 Å². The molecule has 0 spiro atoms. The largest absolute Gasteiger partial charge is 0.496 e. The van der Waals surface area contributed by atoms with E-state index >= 15 is 0 Å². The number of hydrogen-bond acceptors (Lipinski definition) is 4. The second kappa shape index (κ2) is 6.26. The van der Waals surface area contributed by atoms with E-state index < -0.39 is 0 Å². The van der Waals surface area contributed by atoms with E-state index in [9.17, 15) is 4.79 Å². The van der Waals surface area contributed by atoms with Crippen LogP contribution in [-0.2, 0) is 0 Å². The van der Waals surface area contributed by atoms with Crippen LogP contribution in [0.25, 0.3) is 5.65 Å². The van der Waals surface area contributed by atoms with Crippen molar-refractivity contribution in [1.29, 1.82) is 0 Å². The molecule has 0 saturated carbocycles. The summed E-state index contributed by atoms with van der Waals surface area (Å²) in [5.41, 5.74) is 1.10. The fraction of sp³-hybridized carbons (Fsp3) is 0.188. The molecular weight excluding hydrogens is 316 g/mol. The summed E-state index contributed by atoms with van der Waals surface area (Å²) in [5, 5.41) is 11.6. The SMILES string of the molecule is COc1ccc(Cl)cc1C(=O)N[C@@H](C)c1nnc2ccccn12. The summed E-state index contributed by atoms with van der Waals surface area (Å²) >= 11 is 5.97. The van der Waals surface area contributed by atoms with Crippen molar-refractivity contribution in [2.45, 2.75) is 13.0 Å². The molecule has 2 aromatic heterocycles. The summed E-state index contributed by atoms with van der Waals surface area (Å²) in [7, 11) is 1.51. The molecule has 1 atom stereocenters. The first-order chi connectivity index (χ1) is 11.1. The Bertz CT molecular complexity index is 862. The minimum atomic E-state index is -0.330. The fourth-order valence-electron chi connectivity index (χ4n) is 2.35. The monoisotopic (exact) mass is 330 g/mol. The molecule has 1 N–H and O–H groups in total. The number of nitrogens with one attached hydrogen (secondary N) is 1. The molecule has 3 aromatic rings. The van der Waals surface area contributed by atoms with Crippen LogP contribution in [0.3, 0.4) is 0 Å². The van der Waals surface area contributed by atoms with Gasteiger partial charge in [0.05, 0.1) is 18.7 Å². The molecule has 0 aliphatic heterocycles. The van der Waals surface area contributed by atoms with Gasteiger partial charge in [0.25, 0.3) is 5.91 Å². The van der Waals surface area contributed by atoms with E-state index in [1.165, 1.54) is 7.11 Å². The summed E-state index contributed by atoms with van der Waals surface area (Å²) in [6.45, 7) is 1.85. The zero-order chi connectivity index (χ0) is 16.4. The molecule has 118 valence electrons. The van der Waals surface area contributed by atoms with Crippen molar-refractivity contribution in [3.8, 4) is 5.75 Å². The molecule has 0 radical (unpaired) electrons. The van der Waals surface area contributed by atoms with Crippen LogP contribution in [0.2, 0.25) is 5.02 Å². The van der Waals surface area contributed by atoms with Gasteiger partial charge in [-0.2, -0.15) is 0 Å². The number of aromatic nitrogens is 3. The third-order valence-electron chi connectivity index (χ3n) is 3.48. The molecule has 0 aliphatic rings. The number of carbonyl (C=O) groups is 1. The van der Waals surface area contributed by atoms with Gasteiger partial charge in [0.2, 0.25) is 0 Å². The molecule has 0 bridgehead atoms. The highest BCUT2D eigenvalue weighted by Crippen LogP contribution is 2.23. The van der Waals surface area contributed by atoms with Crippen molar-refractivity contribution < 1.29 is 9.53 Å². The second-order valence-corrected chi connectivity index (χ2v) is 5.46. The molecule has 3 rings (SSSR count). The van der Waals surface area contributed by atoms with Gasteiger partial charge < -0.3 is 10.1 Å². The van der Waals surface area contributed by atoms with Gasteiger partial charge in [-0.1, -0.05) is 17.7 Å². The molecule has 2 heterocycles. The first-order valence-corrected chi connectivity index (χ1v) is 7.42. The second-order valence-electron chi connectivity index (χ2n) is 5.03. The smallest absolute Gasteiger partial charge is 0.255 e. The number of ether oxygens (including phenoxy) is 1. The fourth-order valence-corrected chi connectivity index (χ4v) is 2.52. The van der Waals surface area contributed by atoms with E-state index in [1.807, 2.05) is 35.7 Å². The zero-order valence-corrected chi connectivity index (χ0v) is 13.4. The van der Waals surface area contributed by atoms with Crippen LogP contribution < -0.4 is 10.1 Å². The Balaban J connectivity index is 1.87. The summed E-state index contributed by atoms with van der Waals surface area (Å²) < 4.78 is 7.04. The normalized spacial score (nSPS) is 12.1. The summed E-state index contributed by atoms with van der Waals surface area (Å²) in [4.78, 5) is 12.5. The van der Waals surface area contributed by atoms with Crippen LogP contribution in [0.4, 0.5) is 0 Å². The lowest BCUT2D eigenvalue weighted by Crippen LogP contribution is -2.28. The highest BCUT2D eigenvalue weighted by Gasteiger charge is 2.19. The Morgan fingerprint density at radius 3 is 2.91 bits per heavy atom. The quantitative estimate of drug-likeness (QED) is 0.798. The molecule has 1 aromatic carbocycles. The lowest BCUT2D eigenvalue weighted by molar-refractivity contribution is 0.0935. The van der Waals surface area contributed by atoms with Crippen LogP contribution in [0, 0.1) is 0 Å². The minimum absolute atomic E-state index is 0.287. The maximum Gasteiger partial charge on any atom is 0.255 e. The van der Waals surface area contributed by atoms with Gasteiger partial charge in [0.1, 0.15) is 5.75 Å². The highest BCUT2D eigenvalue weighted by molar-refractivity contribution is 6.31. The number of pyridine rings is 1. The molecule has 7 heteroatoms. The van der Waals surface area contributed by atoms with Crippen LogP contribution in [-0.4, -0.2) is 27.6 Å². The Hall–Kier alpha value is -2.60. The number of nitrogens with zero attached hydrogens (tertiary/aromatic N) is 3. The lowest BCUT2D eigenvalue weighted by atomic mass is 10.1. The van der Waals surface area contributed by atoms with Crippen LogP contribution in [0.15, 0.2) is 42.6 Å². The molecule has 0 fully saturated rings. The number of fused-ring (bicyclic) bond motifs is 1. The number of carbonyl (C=O) groups excluding carboxylic acids is 1. The number of halogens is 1. The maximum atomic E-state index is 12.5. The van der Waals surface area contributed by atoms with Crippen LogP contribution in [0.1, 0.15) is 29.1 Å². The van der Waals surface area contributed by atoms with Crippen molar-refractivity contribution >= 4 is 23.2 Å². The number of methoxy groups -OCH3 is 1. The van der Waals surface area contributed by atoms with E-state index in [0.29, 0.717) is 22.2 Å². The molecule has 6 nitrogen and oxygen atoms in total. The van der Waals surface area contributed by atoms with Crippen LogP contribution in [0.5, 0.6) is 5.75 Å². The van der Waals surface area contributed by atoms with E-state index in [4.69, 9.17) is 16.3 Å². The van der Waals surface area contributed by atoms with Gasteiger partial charge in [-0.15, -0.1) is 10.2 Å². The van der Waals surface area contributed by atoms with E-state index in [1.54, 1.807) is 18.2 Å². The number of benzene rings is 1. The Morgan fingerprint density at radius 2 is 2.13 bits per heavy atom. The molecule has 0 unspecified atom stereocenters. The minimum Gasteiger partial charge on any atom is -0.496 e. The van der Waals surface area contributed by atoms with E-state index in [0.717, 1.165) is 5.65 Å². The lowest BCUT2D eigenvalue weighted by Gasteiger charge is -2.14. The summed E-state index contributed by atoms with van der Waals surface area (Å²) in [5.74, 6) is 0.824. The van der Waals surface area contributed by atoms with Gasteiger partial charge in [-0.3, -0.25) is 9.20 Å². The van der Waals surface area contributed by atoms with Crippen molar-refractivity contribution in [1.82, 2.24) is 19.9 Å². The average Bonchev–Trinajstić information content (AvgIpc) is 2.98.